The summed E-state index contributed by atoms with van der Waals surface area (Å²) >= 11 is 0. The lowest BCUT2D eigenvalue weighted by Crippen LogP contribution is -2.42. The summed E-state index contributed by atoms with van der Waals surface area (Å²) in [6.07, 6.45) is 1.76. The molecule has 0 aliphatic carbocycles. The minimum atomic E-state index is -1.03. The number of H-pyrrole nitrogens is 1. The molecule has 0 aliphatic heterocycles. The average Bonchev–Trinajstić information content (AvgIpc) is 3.62. The van der Waals surface area contributed by atoms with Gasteiger partial charge in [-0.25, -0.2) is 9.07 Å². The highest BCUT2D eigenvalue weighted by Crippen LogP contribution is 2.32. The first-order chi connectivity index (χ1) is 20.9. The first-order valence-electron chi connectivity index (χ1n) is 13.8. The number of aromatic nitrogens is 4. The molecular formula is C33H30FN7O2. The molecule has 10 heteroatoms. The van der Waals surface area contributed by atoms with Crippen molar-refractivity contribution in [2.24, 2.45) is 0 Å². The number of halogens is 1. The summed E-state index contributed by atoms with van der Waals surface area (Å²) in [4.78, 5) is 35.2. The third-order valence-electron chi connectivity index (χ3n) is 7.42. The molecule has 4 aromatic carbocycles. The zero-order chi connectivity index (χ0) is 29.9. The maximum absolute atomic E-state index is 14.3. The monoisotopic (exact) mass is 575 g/mol. The van der Waals surface area contributed by atoms with Crippen LogP contribution in [0.4, 0.5) is 15.8 Å². The molecule has 6 aromatic rings. The van der Waals surface area contributed by atoms with Gasteiger partial charge in [-0.3, -0.25) is 9.59 Å². The minimum absolute atomic E-state index is 0.0584. The second-order valence-electron chi connectivity index (χ2n) is 10.5. The zero-order valence-corrected chi connectivity index (χ0v) is 23.7. The number of aromatic amines is 1. The Labute approximate surface area is 247 Å². The summed E-state index contributed by atoms with van der Waals surface area (Å²) in [5.41, 5.74) is 5.08. The fourth-order valence-corrected chi connectivity index (χ4v) is 5.19. The van der Waals surface area contributed by atoms with Crippen LogP contribution >= 0.6 is 0 Å². The van der Waals surface area contributed by atoms with Crippen molar-refractivity contribution in [1.82, 2.24) is 24.9 Å². The number of carbonyl (C=O) groups excluding carboxylic acids is 2. The Balaban J connectivity index is 1.42. The van der Waals surface area contributed by atoms with Crippen molar-refractivity contribution in [2.75, 3.05) is 24.3 Å². The van der Waals surface area contributed by atoms with Crippen LogP contribution < -0.4 is 10.2 Å². The van der Waals surface area contributed by atoms with E-state index in [2.05, 4.69) is 20.6 Å². The second kappa shape index (κ2) is 11.8. The molecule has 9 nitrogen and oxygen atoms in total. The van der Waals surface area contributed by atoms with E-state index in [-0.39, 0.29) is 30.7 Å². The van der Waals surface area contributed by atoms with Crippen LogP contribution in [0.5, 0.6) is 0 Å². The Morgan fingerprint density at radius 2 is 1.65 bits per heavy atom. The predicted octanol–water partition coefficient (Wildman–Crippen LogP) is 5.53. The van der Waals surface area contributed by atoms with Gasteiger partial charge < -0.3 is 20.1 Å². The number of nitrogens with one attached hydrogen (secondary N) is 2. The Hall–Kier alpha value is -5.51. The molecule has 0 bridgehead atoms. The summed E-state index contributed by atoms with van der Waals surface area (Å²) in [5, 5.41) is 12.2. The highest BCUT2D eigenvalue weighted by Gasteiger charge is 2.34. The van der Waals surface area contributed by atoms with E-state index in [4.69, 9.17) is 0 Å². The number of amides is 2. The summed E-state index contributed by atoms with van der Waals surface area (Å²) in [5.74, 6) is -1.13. The van der Waals surface area contributed by atoms with Crippen LogP contribution in [0.25, 0.3) is 21.9 Å². The van der Waals surface area contributed by atoms with Gasteiger partial charge in [-0.15, -0.1) is 5.10 Å². The highest BCUT2D eigenvalue weighted by molar-refractivity contribution is 6.01. The number of fused-ring (bicyclic) bond motifs is 2. The molecule has 2 N–H and O–H groups in total. The van der Waals surface area contributed by atoms with Crippen molar-refractivity contribution in [1.29, 1.82) is 0 Å². The highest BCUT2D eigenvalue weighted by atomic mass is 19.1. The first-order valence-corrected chi connectivity index (χ1v) is 13.8. The Kier molecular flexibility index (Phi) is 7.57. The average molecular weight is 576 g/mol. The topological polar surface area (TPSA) is 99.2 Å². The second-order valence-corrected chi connectivity index (χ2v) is 10.5. The van der Waals surface area contributed by atoms with Crippen molar-refractivity contribution in [3.05, 3.63) is 120 Å². The lowest BCUT2D eigenvalue weighted by atomic mass is 10.0. The van der Waals surface area contributed by atoms with Crippen LogP contribution in [0.2, 0.25) is 0 Å². The lowest BCUT2D eigenvalue weighted by Gasteiger charge is -2.31. The van der Waals surface area contributed by atoms with Crippen LogP contribution in [0, 0.1) is 5.82 Å². The van der Waals surface area contributed by atoms with Gasteiger partial charge in [0.15, 0.2) is 0 Å². The molecule has 2 amide bonds. The van der Waals surface area contributed by atoms with Crippen LogP contribution in [0.15, 0.2) is 103 Å². The summed E-state index contributed by atoms with van der Waals surface area (Å²) < 4.78 is 15.3. The quantitative estimate of drug-likeness (QED) is 0.236. The number of hydrogen-bond donors (Lipinski definition) is 2. The first kappa shape index (κ1) is 27.6. The molecule has 1 unspecified atom stereocenters. The summed E-state index contributed by atoms with van der Waals surface area (Å²) in [7, 11) is 3.88. The standard InChI is InChI=1S/C33H30FN7O2/c1-39(2)25-17-15-24(16-18-25)36-33(43)32(27-19-35-28-8-4-3-7-26(27)28)40(20-22-11-13-23(34)14-12-22)31(42)21-41-30-10-6-5-9-29(30)37-38-41/h3-19,32,35H,20-21H2,1-2H3,(H,36,43). The van der Waals surface area contributed by atoms with Crippen molar-refractivity contribution in [3.63, 3.8) is 0 Å². The number of rotatable bonds is 9. The van der Waals surface area contributed by atoms with Gasteiger partial charge in [0.05, 0.1) is 5.52 Å². The van der Waals surface area contributed by atoms with Gasteiger partial charge in [-0.2, -0.15) is 0 Å². The maximum atomic E-state index is 14.3. The van der Waals surface area contributed by atoms with Crippen LogP contribution in [-0.4, -0.2) is 50.8 Å². The number of anilines is 2. The van der Waals surface area contributed by atoms with Crippen molar-refractivity contribution in [2.45, 2.75) is 19.1 Å². The minimum Gasteiger partial charge on any atom is -0.378 e. The molecule has 43 heavy (non-hydrogen) atoms. The SMILES string of the molecule is CN(C)c1ccc(NC(=O)C(c2c[nH]c3ccccc23)N(Cc2ccc(F)cc2)C(=O)Cn2nnc3ccccc32)cc1. The molecule has 0 radical (unpaired) electrons. The summed E-state index contributed by atoms with van der Waals surface area (Å²) in [6, 6.07) is 27.4. The van der Waals surface area contributed by atoms with Crippen LogP contribution in [-0.2, 0) is 22.7 Å². The molecule has 2 heterocycles. The van der Waals surface area contributed by atoms with Gasteiger partial charge in [0, 0.05) is 54.7 Å². The third kappa shape index (κ3) is 5.80. The molecule has 1 atom stereocenters. The van der Waals surface area contributed by atoms with E-state index in [1.54, 1.807) is 18.3 Å². The molecular weight excluding hydrogens is 545 g/mol. The zero-order valence-electron chi connectivity index (χ0n) is 23.7. The fraction of sp³-hybridized carbons (Fsp3) is 0.152. The van der Waals surface area contributed by atoms with E-state index >= 15 is 0 Å². The van der Waals surface area contributed by atoms with E-state index < -0.39 is 6.04 Å². The maximum Gasteiger partial charge on any atom is 0.251 e. The van der Waals surface area contributed by atoms with E-state index in [0.29, 0.717) is 27.8 Å². The van der Waals surface area contributed by atoms with E-state index in [9.17, 15) is 14.0 Å². The van der Waals surface area contributed by atoms with Gasteiger partial charge in [-0.05, 0) is 60.2 Å². The smallest absolute Gasteiger partial charge is 0.251 e. The molecule has 2 aromatic heterocycles. The number of hydrogen-bond acceptors (Lipinski definition) is 5. The third-order valence-corrected chi connectivity index (χ3v) is 7.42. The van der Waals surface area contributed by atoms with Crippen LogP contribution in [0.1, 0.15) is 17.2 Å². The molecule has 0 saturated heterocycles. The molecule has 0 aliphatic rings. The molecule has 0 spiro atoms. The largest absolute Gasteiger partial charge is 0.378 e. The van der Waals surface area contributed by atoms with Gasteiger partial charge in [0.25, 0.3) is 5.91 Å². The summed E-state index contributed by atoms with van der Waals surface area (Å²) in [6.45, 7) is -0.0890. The van der Waals surface area contributed by atoms with Gasteiger partial charge >= 0.3 is 0 Å². The van der Waals surface area contributed by atoms with Gasteiger partial charge in [0.1, 0.15) is 23.9 Å². The van der Waals surface area contributed by atoms with E-state index in [1.807, 2.05) is 91.8 Å². The predicted molar refractivity (Wildman–Crippen MR) is 165 cm³/mol. The Morgan fingerprint density at radius 1 is 0.930 bits per heavy atom. The van der Waals surface area contributed by atoms with Crippen molar-refractivity contribution >= 4 is 45.1 Å². The molecule has 0 fully saturated rings. The van der Waals surface area contributed by atoms with Crippen LogP contribution in [0.3, 0.4) is 0 Å². The number of carbonyl (C=O) groups is 2. The Bertz CT molecular complexity index is 1890. The molecule has 0 saturated carbocycles. The fourth-order valence-electron chi connectivity index (χ4n) is 5.19. The number of benzene rings is 4. The van der Waals surface area contributed by atoms with Gasteiger partial charge in [-0.1, -0.05) is 47.7 Å². The molecule has 216 valence electrons. The molecule has 6 rings (SSSR count). The van der Waals surface area contributed by atoms with E-state index in [1.165, 1.54) is 21.7 Å². The van der Waals surface area contributed by atoms with Crippen molar-refractivity contribution < 1.29 is 14.0 Å². The number of nitrogens with zero attached hydrogens (tertiary/aromatic N) is 5. The lowest BCUT2D eigenvalue weighted by molar-refractivity contribution is -0.140. The normalized spacial score (nSPS) is 11.9. The van der Waals surface area contributed by atoms with Crippen molar-refractivity contribution in [3.8, 4) is 0 Å². The Morgan fingerprint density at radius 3 is 2.42 bits per heavy atom. The van der Waals surface area contributed by atoms with Gasteiger partial charge in [0.2, 0.25) is 5.91 Å². The van der Waals surface area contributed by atoms with E-state index in [0.717, 1.165) is 16.6 Å². The number of para-hydroxylation sites is 2.